The maximum atomic E-state index is 10.2. The summed E-state index contributed by atoms with van der Waals surface area (Å²) in [6.45, 7) is 1.46. The van der Waals surface area contributed by atoms with Crippen LogP contribution in [0.5, 0.6) is 0 Å². The zero-order valence-corrected chi connectivity index (χ0v) is 18.2. The second-order valence-corrected chi connectivity index (χ2v) is 15.4. The first-order valence-corrected chi connectivity index (χ1v) is 13.9. The van der Waals surface area contributed by atoms with E-state index < -0.39 is 18.4 Å². The fourth-order valence-corrected chi connectivity index (χ4v) is 11.1. The SMILES string of the molecule is CN(C)Cc1cccc[c]1[Sn]([C]#N)([C]#N)[c]1ccccc1CN(C)C. The van der Waals surface area contributed by atoms with Crippen LogP contribution in [0.2, 0.25) is 0 Å². The average molecular weight is 439 g/mol. The molecule has 0 atom stereocenters. The summed E-state index contributed by atoms with van der Waals surface area (Å²) in [6.07, 6.45) is 0. The number of nitrogens with zero attached hydrogens (tertiary/aromatic N) is 4. The third-order valence-corrected chi connectivity index (χ3v) is 13.5. The van der Waals surface area contributed by atoms with Crippen LogP contribution < -0.4 is 7.16 Å². The Morgan fingerprint density at radius 2 is 1.08 bits per heavy atom. The van der Waals surface area contributed by atoms with Crippen LogP contribution in [0.25, 0.3) is 0 Å². The van der Waals surface area contributed by atoms with Gasteiger partial charge in [-0.25, -0.2) is 0 Å². The van der Waals surface area contributed by atoms with Crippen LogP contribution >= 0.6 is 0 Å². The Hall–Kier alpha value is -1.86. The zero-order chi connectivity index (χ0) is 18.4. The summed E-state index contributed by atoms with van der Waals surface area (Å²) >= 11 is -4.10. The van der Waals surface area contributed by atoms with Gasteiger partial charge < -0.3 is 0 Å². The minimum atomic E-state index is -4.10. The van der Waals surface area contributed by atoms with Crippen molar-refractivity contribution < 1.29 is 0 Å². The van der Waals surface area contributed by atoms with E-state index in [1.54, 1.807) is 0 Å². The molecule has 0 aromatic heterocycles. The van der Waals surface area contributed by atoms with Crippen molar-refractivity contribution in [2.75, 3.05) is 28.2 Å². The molecule has 25 heavy (non-hydrogen) atoms. The molecule has 2 aromatic rings. The van der Waals surface area contributed by atoms with E-state index in [4.69, 9.17) is 0 Å². The molecule has 0 amide bonds. The molecule has 0 N–H and O–H groups in total. The van der Waals surface area contributed by atoms with Gasteiger partial charge in [0, 0.05) is 0 Å². The van der Waals surface area contributed by atoms with Crippen molar-refractivity contribution in [3.63, 3.8) is 0 Å². The van der Waals surface area contributed by atoms with E-state index in [2.05, 4.69) is 18.0 Å². The number of hydrogen-bond acceptors (Lipinski definition) is 4. The minimum absolute atomic E-state index is 0.730. The standard InChI is InChI=1S/2C9H12N.2CN.Sn/c2*1-10(2)8-9-6-4-3-5-7-9;2*1-2;/h2*3-6H,8H2,1-2H3;;;. The van der Waals surface area contributed by atoms with Crippen LogP contribution in [-0.2, 0) is 13.1 Å². The molecule has 0 saturated heterocycles. The van der Waals surface area contributed by atoms with Crippen molar-refractivity contribution >= 4 is 25.5 Å². The number of rotatable bonds is 6. The first kappa shape index (κ1) is 19.5. The maximum absolute atomic E-state index is 10.2. The predicted octanol–water partition coefficient (Wildman–Crippen LogP) is 1.50. The van der Waals surface area contributed by atoms with Crippen molar-refractivity contribution in [2.24, 2.45) is 0 Å². The molecule has 0 aliphatic carbocycles. The van der Waals surface area contributed by atoms with Crippen molar-refractivity contribution in [3.8, 4) is 8.17 Å². The van der Waals surface area contributed by atoms with Crippen LogP contribution in [0.3, 0.4) is 0 Å². The Morgan fingerprint density at radius 1 is 0.720 bits per heavy atom. The molecule has 2 rings (SSSR count). The fourth-order valence-electron chi connectivity index (χ4n) is 3.14. The van der Waals surface area contributed by atoms with Crippen LogP contribution in [0.15, 0.2) is 48.5 Å². The number of hydrogen-bond donors (Lipinski definition) is 0. The normalized spacial score (nSPS) is 11.4. The van der Waals surface area contributed by atoms with Gasteiger partial charge in [0.05, 0.1) is 0 Å². The van der Waals surface area contributed by atoms with Crippen molar-refractivity contribution in [1.82, 2.24) is 9.80 Å². The second-order valence-electron chi connectivity index (χ2n) is 6.76. The average Bonchev–Trinajstić information content (AvgIpc) is 2.58. The Bertz CT molecular complexity index is 745. The quantitative estimate of drug-likeness (QED) is 0.641. The molecule has 5 heteroatoms. The third kappa shape index (κ3) is 4.22. The Balaban J connectivity index is 2.71. The molecule has 2 aromatic carbocycles. The van der Waals surface area contributed by atoms with E-state index in [1.165, 1.54) is 0 Å². The first-order valence-electron chi connectivity index (χ1n) is 8.23. The van der Waals surface area contributed by atoms with Gasteiger partial charge in [-0.1, -0.05) is 0 Å². The zero-order valence-electron chi connectivity index (χ0n) is 15.3. The van der Waals surface area contributed by atoms with Crippen LogP contribution in [-0.4, -0.2) is 56.4 Å². The van der Waals surface area contributed by atoms with Crippen LogP contribution in [0.1, 0.15) is 11.1 Å². The molecular formula is C20H24N4Sn. The summed E-state index contributed by atoms with van der Waals surface area (Å²) < 4.78 is 7.02. The van der Waals surface area contributed by atoms with Gasteiger partial charge >= 0.3 is 155 Å². The Kier molecular flexibility index (Phi) is 6.61. The summed E-state index contributed by atoms with van der Waals surface area (Å²) in [5.41, 5.74) is 2.18. The molecule has 0 heterocycles. The van der Waals surface area contributed by atoms with Gasteiger partial charge in [0.1, 0.15) is 0 Å². The van der Waals surface area contributed by atoms with Gasteiger partial charge in [0.15, 0.2) is 0 Å². The van der Waals surface area contributed by atoms with E-state index in [-0.39, 0.29) is 0 Å². The topological polar surface area (TPSA) is 54.1 Å². The molecule has 0 aliphatic heterocycles. The number of nitriles is 2. The summed E-state index contributed by atoms with van der Waals surface area (Å²) in [4.78, 5) is 4.16. The Labute approximate surface area is 154 Å². The third-order valence-electron chi connectivity index (χ3n) is 4.15. The summed E-state index contributed by atoms with van der Waals surface area (Å²) in [6, 6.07) is 15.9. The van der Waals surface area contributed by atoms with Crippen LogP contribution in [0, 0.1) is 18.7 Å². The molecule has 128 valence electrons. The van der Waals surface area contributed by atoms with E-state index in [1.807, 2.05) is 76.7 Å². The van der Waals surface area contributed by atoms with Gasteiger partial charge in [-0.15, -0.1) is 0 Å². The molecule has 0 bridgehead atoms. The monoisotopic (exact) mass is 440 g/mol. The molecule has 4 nitrogen and oxygen atoms in total. The van der Waals surface area contributed by atoms with E-state index >= 15 is 0 Å². The first-order chi connectivity index (χ1) is 11.9. The van der Waals surface area contributed by atoms with Crippen molar-refractivity contribution in [3.05, 3.63) is 59.7 Å². The molecule has 0 aliphatic rings. The molecule has 0 spiro atoms. The van der Waals surface area contributed by atoms with E-state index in [0.29, 0.717) is 0 Å². The van der Waals surface area contributed by atoms with Gasteiger partial charge in [-0.2, -0.15) is 0 Å². The fraction of sp³-hybridized carbons (Fsp3) is 0.300. The number of benzene rings is 2. The van der Waals surface area contributed by atoms with Crippen LogP contribution in [0.4, 0.5) is 0 Å². The molecule has 0 fully saturated rings. The van der Waals surface area contributed by atoms with Gasteiger partial charge in [-0.05, 0) is 0 Å². The summed E-state index contributed by atoms with van der Waals surface area (Å²) in [7, 11) is 8.03. The Morgan fingerprint density at radius 3 is 1.40 bits per heavy atom. The molecular weight excluding hydrogens is 415 g/mol. The van der Waals surface area contributed by atoms with E-state index in [9.17, 15) is 10.5 Å². The van der Waals surface area contributed by atoms with E-state index in [0.717, 1.165) is 31.4 Å². The van der Waals surface area contributed by atoms with Crippen molar-refractivity contribution in [2.45, 2.75) is 13.1 Å². The van der Waals surface area contributed by atoms with Gasteiger partial charge in [0.2, 0.25) is 0 Å². The summed E-state index contributed by atoms with van der Waals surface area (Å²) in [5, 5.41) is 20.4. The van der Waals surface area contributed by atoms with Gasteiger partial charge in [0.25, 0.3) is 0 Å². The van der Waals surface area contributed by atoms with Gasteiger partial charge in [-0.3, -0.25) is 0 Å². The summed E-state index contributed by atoms with van der Waals surface area (Å²) in [5.74, 6) is 0. The molecule has 0 unspecified atom stereocenters. The second kappa shape index (κ2) is 8.49. The predicted molar refractivity (Wildman–Crippen MR) is 104 cm³/mol. The molecule has 0 saturated carbocycles. The molecule has 0 radical (unpaired) electrons. The van der Waals surface area contributed by atoms with Crippen molar-refractivity contribution in [1.29, 1.82) is 10.5 Å².